The summed E-state index contributed by atoms with van der Waals surface area (Å²) in [5.74, 6) is 0.799. The molecule has 0 unspecified atom stereocenters. The minimum absolute atomic E-state index is 0.163. The van der Waals surface area contributed by atoms with Crippen LogP contribution in [0.25, 0.3) is 0 Å². The number of methoxy groups -OCH3 is 2. The van der Waals surface area contributed by atoms with Gasteiger partial charge in [0.05, 0.1) is 26.0 Å². The van der Waals surface area contributed by atoms with Crippen molar-refractivity contribution in [3.05, 3.63) is 83.4 Å². The molecule has 33 heavy (non-hydrogen) atoms. The fraction of sp³-hybridized carbons (Fsp3) is 0.160. The fourth-order valence-electron chi connectivity index (χ4n) is 2.82. The Morgan fingerprint density at radius 3 is 2.45 bits per heavy atom. The van der Waals surface area contributed by atoms with Crippen molar-refractivity contribution in [3.63, 3.8) is 0 Å². The lowest BCUT2D eigenvalue weighted by molar-refractivity contribution is -0.123. The molecule has 8 nitrogen and oxygen atoms in total. The molecule has 0 radical (unpaired) electrons. The summed E-state index contributed by atoms with van der Waals surface area (Å²) in [5.41, 5.74) is 4.42. The van der Waals surface area contributed by atoms with Crippen LogP contribution in [0.1, 0.15) is 21.5 Å². The smallest absolute Gasteiger partial charge is 0.343 e. The molecule has 0 atom stereocenters. The van der Waals surface area contributed by atoms with Gasteiger partial charge in [-0.2, -0.15) is 5.10 Å². The third-order valence-electron chi connectivity index (χ3n) is 4.46. The van der Waals surface area contributed by atoms with Crippen molar-refractivity contribution in [3.8, 4) is 23.0 Å². The first-order valence-electron chi connectivity index (χ1n) is 10.0. The summed E-state index contributed by atoms with van der Waals surface area (Å²) in [6.45, 7) is 1.78. The molecule has 0 aliphatic heterocycles. The first kappa shape index (κ1) is 23.3. The molecule has 3 rings (SSSR count). The molecule has 0 spiro atoms. The number of carbonyl (C=O) groups excluding carboxylic acids is 2. The second-order valence-corrected chi connectivity index (χ2v) is 6.93. The van der Waals surface area contributed by atoms with Crippen molar-refractivity contribution in [2.75, 3.05) is 20.8 Å². The van der Waals surface area contributed by atoms with Crippen LogP contribution in [0.2, 0.25) is 0 Å². The standard InChI is InChI=1S/C25H24N2O6/c1-17-6-4-9-21(12-17)32-16-24(28)27-26-15-18-10-11-22(23(13-18)31-3)33-25(29)19-7-5-8-20(14-19)30-2/h4-15H,16H2,1-3H3,(H,27,28). The lowest BCUT2D eigenvalue weighted by Crippen LogP contribution is -2.24. The van der Waals surface area contributed by atoms with E-state index in [0.717, 1.165) is 5.56 Å². The van der Waals surface area contributed by atoms with Crippen LogP contribution < -0.4 is 24.4 Å². The zero-order chi connectivity index (χ0) is 23.6. The molecule has 170 valence electrons. The number of rotatable bonds is 9. The fourth-order valence-corrected chi connectivity index (χ4v) is 2.82. The maximum atomic E-state index is 12.4. The maximum Gasteiger partial charge on any atom is 0.343 e. The third kappa shape index (κ3) is 6.83. The summed E-state index contributed by atoms with van der Waals surface area (Å²) < 4.78 is 21.3. The van der Waals surface area contributed by atoms with Gasteiger partial charge in [-0.1, -0.05) is 18.2 Å². The summed E-state index contributed by atoms with van der Waals surface area (Å²) in [5, 5.41) is 3.92. The Kier molecular flexibility index (Phi) is 8.02. The van der Waals surface area contributed by atoms with E-state index in [1.165, 1.54) is 20.4 Å². The molecule has 0 heterocycles. The van der Waals surface area contributed by atoms with Gasteiger partial charge in [-0.25, -0.2) is 10.2 Å². The highest BCUT2D eigenvalue weighted by Crippen LogP contribution is 2.28. The Hall–Kier alpha value is -4.33. The van der Waals surface area contributed by atoms with Gasteiger partial charge < -0.3 is 18.9 Å². The number of hydrogen-bond acceptors (Lipinski definition) is 7. The van der Waals surface area contributed by atoms with Crippen LogP contribution in [-0.2, 0) is 4.79 Å². The number of esters is 1. The van der Waals surface area contributed by atoms with Crippen molar-refractivity contribution in [1.82, 2.24) is 5.43 Å². The Morgan fingerprint density at radius 2 is 1.70 bits per heavy atom. The van der Waals surface area contributed by atoms with Crippen molar-refractivity contribution in [2.45, 2.75) is 6.92 Å². The van der Waals surface area contributed by atoms with Crippen LogP contribution in [0, 0.1) is 6.92 Å². The Morgan fingerprint density at radius 1 is 0.909 bits per heavy atom. The van der Waals surface area contributed by atoms with Gasteiger partial charge in [0.2, 0.25) is 0 Å². The summed E-state index contributed by atoms with van der Waals surface area (Å²) in [6.07, 6.45) is 1.45. The number of amides is 1. The summed E-state index contributed by atoms with van der Waals surface area (Å²) in [4.78, 5) is 24.4. The van der Waals surface area contributed by atoms with E-state index in [4.69, 9.17) is 18.9 Å². The van der Waals surface area contributed by atoms with Crippen LogP contribution in [0.4, 0.5) is 0 Å². The minimum Gasteiger partial charge on any atom is -0.497 e. The summed E-state index contributed by atoms with van der Waals surface area (Å²) in [6, 6.07) is 19.0. The number of aryl methyl sites for hydroxylation is 1. The quantitative estimate of drug-likeness (QED) is 0.232. The van der Waals surface area contributed by atoms with Crippen molar-refractivity contribution in [1.29, 1.82) is 0 Å². The predicted octanol–water partition coefficient (Wildman–Crippen LogP) is 3.76. The Bertz CT molecular complexity index is 1160. The summed E-state index contributed by atoms with van der Waals surface area (Å²) in [7, 11) is 2.98. The van der Waals surface area contributed by atoms with E-state index < -0.39 is 11.9 Å². The maximum absolute atomic E-state index is 12.4. The monoisotopic (exact) mass is 448 g/mol. The van der Waals surface area contributed by atoms with E-state index in [9.17, 15) is 9.59 Å². The topological polar surface area (TPSA) is 95.5 Å². The molecular formula is C25H24N2O6. The molecule has 0 saturated carbocycles. The number of nitrogens with zero attached hydrogens (tertiary/aromatic N) is 1. The third-order valence-corrected chi connectivity index (χ3v) is 4.46. The van der Waals surface area contributed by atoms with Gasteiger partial charge in [0.1, 0.15) is 11.5 Å². The van der Waals surface area contributed by atoms with E-state index in [-0.39, 0.29) is 12.4 Å². The second-order valence-electron chi connectivity index (χ2n) is 6.93. The SMILES string of the molecule is COc1cccc(C(=O)Oc2ccc(C=NNC(=O)COc3cccc(C)c3)cc2OC)c1. The van der Waals surface area contributed by atoms with Gasteiger partial charge in [-0.05, 0) is 66.6 Å². The molecule has 0 aliphatic rings. The predicted molar refractivity (Wildman–Crippen MR) is 123 cm³/mol. The Balaban J connectivity index is 1.57. The molecule has 0 aromatic heterocycles. The molecule has 3 aromatic carbocycles. The molecule has 0 saturated heterocycles. The first-order valence-corrected chi connectivity index (χ1v) is 10.0. The van der Waals surface area contributed by atoms with Gasteiger partial charge >= 0.3 is 5.97 Å². The molecule has 0 aliphatic carbocycles. The van der Waals surface area contributed by atoms with E-state index in [1.54, 1.807) is 48.5 Å². The van der Waals surface area contributed by atoms with Gasteiger partial charge in [-0.15, -0.1) is 0 Å². The lowest BCUT2D eigenvalue weighted by atomic mass is 10.2. The van der Waals surface area contributed by atoms with Crippen LogP contribution in [-0.4, -0.2) is 38.9 Å². The van der Waals surface area contributed by atoms with Crippen LogP contribution >= 0.6 is 0 Å². The van der Waals surface area contributed by atoms with Crippen molar-refractivity contribution < 1.29 is 28.5 Å². The first-order chi connectivity index (χ1) is 16.0. The highest BCUT2D eigenvalue weighted by molar-refractivity contribution is 5.92. The van der Waals surface area contributed by atoms with Gasteiger partial charge in [0.25, 0.3) is 5.91 Å². The molecule has 3 aromatic rings. The average Bonchev–Trinajstić information content (AvgIpc) is 2.83. The van der Waals surface area contributed by atoms with Gasteiger partial charge in [0.15, 0.2) is 18.1 Å². The highest BCUT2D eigenvalue weighted by atomic mass is 16.6. The molecule has 0 bridgehead atoms. The normalized spacial score (nSPS) is 10.5. The Labute approximate surface area is 191 Å². The van der Waals surface area contributed by atoms with Crippen molar-refractivity contribution >= 4 is 18.1 Å². The second kappa shape index (κ2) is 11.3. The molecule has 8 heteroatoms. The van der Waals surface area contributed by atoms with Crippen LogP contribution in [0.15, 0.2) is 71.8 Å². The number of hydrazone groups is 1. The zero-order valence-corrected chi connectivity index (χ0v) is 18.5. The summed E-state index contributed by atoms with van der Waals surface area (Å²) >= 11 is 0. The molecule has 1 amide bonds. The van der Waals surface area contributed by atoms with E-state index in [0.29, 0.717) is 28.4 Å². The zero-order valence-electron chi connectivity index (χ0n) is 18.5. The van der Waals surface area contributed by atoms with Gasteiger partial charge in [0, 0.05) is 0 Å². The number of benzene rings is 3. The molecule has 0 fully saturated rings. The molecular weight excluding hydrogens is 424 g/mol. The number of ether oxygens (including phenoxy) is 4. The largest absolute Gasteiger partial charge is 0.497 e. The minimum atomic E-state index is -0.547. The van der Waals surface area contributed by atoms with Crippen molar-refractivity contribution in [2.24, 2.45) is 5.10 Å². The number of carbonyl (C=O) groups is 2. The van der Waals surface area contributed by atoms with E-state index >= 15 is 0 Å². The van der Waals surface area contributed by atoms with E-state index in [1.807, 2.05) is 25.1 Å². The van der Waals surface area contributed by atoms with E-state index in [2.05, 4.69) is 10.5 Å². The molecule has 1 N–H and O–H groups in total. The van der Waals surface area contributed by atoms with Crippen LogP contribution in [0.5, 0.6) is 23.0 Å². The number of hydrogen-bond donors (Lipinski definition) is 1. The van der Waals surface area contributed by atoms with Crippen LogP contribution in [0.3, 0.4) is 0 Å². The van der Waals surface area contributed by atoms with Gasteiger partial charge in [-0.3, -0.25) is 4.79 Å². The average molecular weight is 448 g/mol. The number of nitrogens with one attached hydrogen (secondary N) is 1. The highest BCUT2D eigenvalue weighted by Gasteiger charge is 2.13. The lowest BCUT2D eigenvalue weighted by Gasteiger charge is -2.10.